The van der Waals surface area contributed by atoms with E-state index in [4.69, 9.17) is 0 Å². The lowest BCUT2D eigenvalue weighted by Gasteiger charge is -2.20. The number of benzene rings is 2. The number of fused-ring (bicyclic) bond motifs is 1. The zero-order valence-corrected chi connectivity index (χ0v) is 18.1. The number of carbonyl (C=O) groups is 3. The Balaban J connectivity index is 1.49. The molecule has 3 amide bonds. The van der Waals surface area contributed by atoms with Crippen LogP contribution in [0.1, 0.15) is 44.6 Å². The molecule has 1 aliphatic heterocycles. The van der Waals surface area contributed by atoms with Gasteiger partial charge in [-0.3, -0.25) is 19.3 Å². The van der Waals surface area contributed by atoms with E-state index in [2.05, 4.69) is 26.2 Å². The van der Waals surface area contributed by atoms with Crippen LogP contribution in [0.5, 0.6) is 0 Å². The predicted octanol–water partition coefficient (Wildman–Crippen LogP) is 3.21. The molecule has 0 fully saturated rings. The Hall–Kier alpha value is -3.33. The summed E-state index contributed by atoms with van der Waals surface area (Å²) in [6.07, 6.45) is 3.14. The van der Waals surface area contributed by atoms with Crippen molar-refractivity contribution in [1.82, 2.24) is 19.8 Å². The summed E-state index contributed by atoms with van der Waals surface area (Å²) in [5, 5.41) is 2.78. The molecule has 2 heterocycles. The van der Waals surface area contributed by atoms with Crippen molar-refractivity contribution in [1.29, 1.82) is 0 Å². The molecule has 7 nitrogen and oxygen atoms in total. The van der Waals surface area contributed by atoms with Gasteiger partial charge in [0.2, 0.25) is 5.91 Å². The predicted molar refractivity (Wildman–Crippen MR) is 114 cm³/mol. The van der Waals surface area contributed by atoms with Crippen molar-refractivity contribution in [3.05, 3.63) is 87.7 Å². The van der Waals surface area contributed by atoms with E-state index in [9.17, 15) is 18.8 Å². The fourth-order valence-electron chi connectivity index (χ4n) is 3.56. The second kappa shape index (κ2) is 8.43. The van der Waals surface area contributed by atoms with E-state index >= 15 is 0 Å². The second-order valence-electron chi connectivity index (χ2n) is 7.12. The van der Waals surface area contributed by atoms with E-state index < -0.39 is 29.6 Å². The van der Waals surface area contributed by atoms with E-state index in [1.165, 1.54) is 6.07 Å². The maximum atomic E-state index is 14.4. The van der Waals surface area contributed by atoms with Gasteiger partial charge >= 0.3 is 0 Å². The number of hydrogen-bond acceptors (Lipinski definition) is 4. The summed E-state index contributed by atoms with van der Waals surface area (Å²) in [7, 11) is 1.75. The minimum absolute atomic E-state index is 0.0830. The summed E-state index contributed by atoms with van der Waals surface area (Å²) in [6, 6.07) is 10.2. The topological polar surface area (TPSA) is 84.3 Å². The number of imidazole rings is 1. The molecule has 9 heteroatoms. The van der Waals surface area contributed by atoms with Gasteiger partial charge in [0.1, 0.15) is 17.7 Å². The molecule has 158 valence electrons. The Morgan fingerprint density at radius 2 is 1.90 bits per heavy atom. The molecule has 0 bridgehead atoms. The highest BCUT2D eigenvalue weighted by Crippen LogP contribution is 2.27. The minimum Gasteiger partial charge on any atom is -0.342 e. The molecule has 4 rings (SSSR count). The van der Waals surface area contributed by atoms with Gasteiger partial charge in [-0.25, -0.2) is 9.37 Å². The molecule has 1 atom stereocenters. The van der Waals surface area contributed by atoms with Crippen molar-refractivity contribution >= 4 is 33.7 Å². The smallest absolute Gasteiger partial charge is 0.261 e. The van der Waals surface area contributed by atoms with E-state index in [0.717, 1.165) is 4.90 Å². The third-order valence-electron chi connectivity index (χ3n) is 5.13. The van der Waals surface area contributed by atoms with Crippen molar-refractivity contribution < 1.29 is 18.8 Å². The van der Waals surface area contributed by atoms with Crippen molar-refractivity contribution in [3.8, 4) is 0 Å². The van der Waals surface area contributed by atoms with Crippen molar-refractivity contribution in [2.45, 2.75) is 12.5 Å². The highest BCUT2D eigenvalue weighted by Gasteiger charge is 2.35. The first kappa shape index (κ1) is 20.9. The Morgan fingerprint density at radius 3 is 2.61 bits per heavy atom. The van der Waals surface area contributed by atoms with Crippen LogP contribution in [-0.2, 0) is 11.8 Å². The normalized spacial score (nSPS) is 14.0. The fraction of sp³-hybridized carbons (Fsp3) is 0.182. The van der Waals surface area contributed by atoms with Crippen LogP contribution in [0.4, 0.5) is 4.39 Å². The Bertz CT molecular complexity index is 1190. The molecule has 0 saturated heterocycles. The van der Waals surface area contributed by atoms with Crippen molar-refractivity contribution in [2.75, 3.05) is 6.54 Å². The molecule has 1 aliphatic rings. The summed E-state index contributed by atoms with van der Waals surface area (Å²) >= 11 is 3.29. The average Bonchev–Trinajstić information content (AvgIpc) is 3.26. The standard InChI is InChI=1S/C22H18BrFN4O3/c1-27-11-9-25-20(27)19(15-4-2-3-5-17(15)24)26-18(29)8-10-28-21(30)14-7-6-13(23)12-16(14)22(28)31/h2-7,9,11-12,19H,8,10H2,1H3,(H,26,29). The molecule has 1 N–H and O–H groups in total. The number of aryl methyl sites for hydroxylation is 1. The summed E-state index contributed by atoms with van der Waals surface area (Å²) in [5.41, 5.74) is 0.888. The van der Waals surface area contributed by atoms with Gasteiger partial charge in [-0.05, 0) is 24.3 Å². The molecule has 0 radical (unpaired) electrons. The van der Waals surface area contributed by atoms with Crippen LogP contribution < -0.4 is 5.32 Å². The van der Waals surface area contributed by atoms with Gasteiger partial charge < -0.3 is 9.88 Å². The number of amides is 3. The number of carbonyl (C=O) groups excluding carboxylic acids is 3. The molecule has 2 aromatic carbocycles. The first-order chi connectivity index (χ1) is 14.9. The summed E-state index contributed by atoms with van der Waals surface area (Å²) in [4.78, 5) is 43.1. The summed E-state index contributed by atoms with van der Waals surface area (Å²) < 4.78 is 16.8. The van der Waals surface area contributed by atoms with E-state index in [-0.39, 0.29) is 18.5 Å². The van der Waals surface area contributed by atoms with Crippen LogP contribution in [0.15, 0.2) is 59.3 Å². The number of nitrogens with zero attached hydrogens (tertiary/aromatic N) is 3. The maximum absolute atomic E-state index is 14.4. The number of halogens is 2. The number of rotatable bonds is 6. The number of imide groups is 1. The van der Waals surface area contributed by atoms with Crippen LogP contribution in [0.2, 0.25) is 0 Å². The molecular formula is C22H18BrFN4O3. The molecule has 3 aromatic rings. The Morgan fingerprint density at radius 1 is 1.16 bits per heavy atom. The zero-order chi connectivity index (χ0) is 22.1. The lowest BCUT2D eigenvalue weighted by atomic mass is 10.1. The molecule has 0 spiro atoms. The van der Waals surface area contributed by atoms with Gasteiger partial charge in [0.05, 0.1) is 11.1 Å². The fourth-order valence-corrected chi connectivity index (χ4v) is 3.92. The third kappa shape index (κ3) is 4.00. The monoisotopic (exact) mass is 484 g/mol. The number of nitrogens with one attached hydrogen (secondary N) is 1. The number of aromatic nitrogens is 2. The summed E-state index contributed by atoms with van der Waals surface area (Å²) in [6.45, 7) is -0.0830. The second-order valence-corrected chi connectivity index (χ2v) is 8.04. The lowest BCUT2D eigenvalue weighted by molar-refractivity contribution is -0.121. The zero-order valence-electron chi connectivity index (χ0n) is 16.5. The quantitative estimate of drug-likeness (QED) is 0.544. The highest BCUT2D eigenvalue weighted by atomic mass is 79.9. The Kier molecular flexibility index (Phi) is 5.69. The SMILES string of the molecule is Cn1ccnc1C(NC(=O)CCN1C(=O)c2ccc(Br)cc2C1=O)c1ccccc1F. The van der Waals surface area contributed by atoms with Crippen LogP contribution in [0.25, 0.3) is 0 Å². The van der Waals surface area contributed by atoms with Crippen LogP contribution >= 0.6 is 15.9 Å². The van der Waals surface area contributed by atoms with E-state index in [1.54, 1.807) is 60.4 Å². The maximum Gasteiger partial charge on any atom is 0.261 e. The van der Waals surface area contributed by atoms with Gasteiger partial charge in [-0.1, -0.05) is 34.1 Å². The highest BCUT2D eigenvalue weighted by molar-refractivity contribution is 9.10. The van der Waals surface area contributed by atoms with Gasteiger partial charge in [0.15, 0.2) is 0 Å². The van der Waals surface area contributed by atoms with Gasteiger partial charge in [0.25, 0.3) is 11.8 Å². The molecule has 0 aliphatic carbocycles. The van der Waals surface area contributed by atoms with Crippen molar-refractivity contribution in [3.63, 3.8) is 0 Å². The largest absolute Gasteiger partial charge is 0.342 e. The van der Waals surface area contributed by atoms with Gasteiger partial charge in [0, 0.05) is 42.4 Å². The molecule has 0 saturated carbocycles. The van der Waals surface area contributed by atoms with E-state index in [1.807, 2.05) is 0 Å². The molecule has 1 unspecified atom stereocenters. The summed E-state index contributed by atoms with van der Waals surface area (Å²) in [5.74, 6) is -1.32. The number of hydrogen-bond donors (Lipinski definition) is 1. The van der Waals surface area contributed by atoms with Gasteiger partial charge in [-0.2, -0.15) is 0 Å². The molecule has 1 aromatic heterocycles. The first-order valence-electron chi connectivity index (χ1n) is 9.53. The van der Waals surface area contributed by atoms with Crippen LogP contribution in [0.3, 0.4) is 0 Å². The molecular weight excluding hydrogens is 467 g/mol. The minimum atomic E-state index is -0.813. The van der Waals surface area contributed by atoms with Crippen LogP contribution in [0, 0.1) is 5.82 Å². The third-order valence-corrected chi connectivity index (χ3v) is 5.63. The van der Waals surface area contributed by atoms with Crippen molar-refractivity contribution in [2.24, 2.45) is 7.05 Å². The van der Waals surface area contributed by atoms with Gasteiger partial charge in [-0.15, -0.1) is 0 Å². The first-order valence-corrected chi connectivity index (χ1v) is 10.3. The lowest BCUT2D eigenvalue weighted by Crippen LogP contribution is -2.36. The Labute approximate surface area is 186 Å². The average molecular weight is 485 g/mol. The van der Waals surface area contributed by atoms with E-state index in [0.29, 0.717) is 21.4 Å². The van der Waals surface area contributed by atoms with Crippen LogP contribution in [-0.4, -0.2) is 38.7 Å². The molecule has 31 heavy (non-hydrogen) atoms.